The quantitative estimate of drug-likeness (QED) is 0.227. The maximum absolute atomic E-state index is 13.4. The van der Waals surface area contributed by atoms with Gasteiger partial charge < -0.3 is 20.1 Å². The molecule has 0 saturated heterocycles. The monoisotopic (exact) mass is 516 g/mol. The summed E-state index contributed by atoms with van der Waals surface area (Å²) >= 11 is 0. The average Bonchev–Trinajstić information content (AvgIpc) is 2.99. The fourth-order valence-corrected chi connectivity index (χ4v) is 4.19. The van der Waals surface area contributed by atoms with E-state index in [-0.39, 0.29) is 5.91 Å². The Hall–Kier alpha value is -5.17. The highest BCUT2D eigenvalue weighted by atomic mass is 16.5. The molecule has 0 saturated carbocycles. The molecule has 0 aliphatic carbocycles. The maximum Gasteiger partial charge on any atom is 0.255 e. The third-order valence-corrected chi connectivity index (χ3v) is 6.31. The highest BCUT2D eigenvalue weighted by Gasteiger charge is 2.16. The number of hydrogen-bond donors (Lipinski definition) is 2. The Labute approximate surface area is 227 Å². The molecule has 2 aromatic heterocycles. The van der Waals surface area contributed by atoms with Crippen LogP contribution in [0.15, 0.2) is 103 Å². The van der Waals surface area contributed by atoms with E-state index in [1.807, 2.05) is 92.8 Å². The fraction of sp³-hybridized carbons (Fsp3) is 0.0938. The molecule has 0 bridgehead atoms. The lowest BCUT2D eigenvalue weighted by Crippen LogP contribution is -2.13. The van der Waals surface area contributed by atoms with E-state index in [1.54, 1.807) is 31.6 Å². The Morgan fingerprint density at radius 1 is 0.769 bits per heavy atom. The number of methoxy groups -OCH3 is 1. The van der Waals surface area contributed by atoms with Crippen molar-refractivity contribution < 1.29 is 14.3 Å². The largest absolute Gasteiger partial charge is 0.495 e. The highest BCUT2D eigenvalue weighted by Crippen LogP contribution is 2.35. The molecule has 0 fully saturated rings. The molecule has 194 valence electrons. The van der Waals surface area contributed by atoms with E-state index in [9.17, 15) is 4.79 Å². The van der Waals surface area contributed by atoms with Crippen LogP contribution in [0.2, 0.25) is 0 Å². The molecule has 0 spiro atoms. The molecule has 0 aliphatic rings. The van der Waals surface area contributed by atoms with Gasteiger partial charge in [0.05, 0.1) is 12.8 Å². The maximum atomic E-state index is 13.4. The van der Waals surface area contributed by atoms with Gasteiger partial charge in [-0.05, 0) is 77.7 Å². The van der Waals surface area contributed by atoms with E-state index < -0.39 is 0 Å². The zero-order valence-corrected chi connectivity index (χ0v) is 21.9. The van der Waals surface area contributed by atoms with E-state index in [0.717, 1.165) is 33.6 Å². The number of aromatic nitrogens is 2. The number of carbonyl (C=O) groups is 1. The van der Waals surface area contributed by atoms with Gasteiger partial charge in [0.25, 0.3) is 5.91 Å². The minimum Gasteiger partial charge on any atom is -0.495 e. The first kappa shape index (κ1) is 25.5. The molecule has 3 aromatic carbocycles. The lowest BCUT2D eigenvalue weighted by atomic mass is 10.0. The second kappa shape index (κ2) is 11.5. The summed E-state index contributed by atoms with van der Waals surface area (Å²) in [5, 5.41) is 6.05. The Kier molecular flexibility index (Phi) is 7.50. The molecule has 0 atom stereocenters. The van der Waals surface area contributed by atoms with Gasteiger partial charge in [-0.15, -0.1) is 0 Å². The molecule has 5 aromatic rings. The Morgan fingerprint density at radius 2 is 1.62 bits per heavy atom. The summed E-state index contributed by atoms with van der Waals surface area (Å²) in [6, 6.07) is 28.7. The van der Waals surface area contributed by atoms with Gasteiger partial charge >= 0.3 is 0 Å². The van der Waals surface area contributed by atoms with Crippen LogP contribution in [0, 0.1) is 6.92 Å². The zero-order chi connectivity index (χ0) is 27.2. The second-order valence-electron chi connectivity index (χ2n) is 8.85. The van der Waals surface area contributed by atoms with Gasteiger partial charge in [-0.2, -0.15) is 0 Å². The Morgan fingerprint density at radius 3 is 2.41 bits per heavy atom. The van der Waals surface area contributed by atoms with Crippen molar-refractivity contribution in [2.45, 2.75) is 6.92 Å². The molecule has 39 heavy (non-hydrogen) atoms. The molecule has 7 nitrogen and oxygen atoms in total. The molecule has 0 unspecified atom stereocenters. The smallest absolute Gasteiger partial charge is 0.255 e. The van der Waals surface area contributed by atoms with E-state index >= 15 is 0 Å². The van der Waals surface area contributed by atoms with Crippen LogP contribution in [0.5, 0.6) is 17.4 Å². The minimum absolute atomic E-state index is 0.280. The molecule has 0 radical (unpaired) electrons. The summed E-state index contributed by atoms with van der Waals surface area (Å²) < 4.78 is 11.8. The summed E-state index contributed by atoms with van der Waals surface area (Å²) in [7, 11) is 3.40. The van der Waals surface area contributed by atoms with Gasteiger partial charge in [0.1, 0.15) is 17.3 Å². The lowest BCUT2D eigenvalue weighted by Gasteiger charge is -2.15. The van der Waals surface area contributed by atoms with Crippen LogP contribution in [-0.2, 0) is 0 Å². The molecular formula is C32H28N4O3. The normalized spacial score (nSPS) is 10.5. The Bertz CT molecular complexity index is 1620. The summed E-state index contributed by atoms with van der Waals surface area (Å²) in [5.74, 6) is 2.00. The molecule has 2 N–H and O–H groups in total. The minimum atomic E-state index is -0.280. The van der Waals surface area contributed by atoms with Crippen molar-refractivity contribution >= 4 is 17.4 Å². The topological polar surface area (TPSA) is 85.4 Å². The Balaban J connectivity index is 1.42. The number of carbonyl (C=O) groups excluding carboxylic acids is 1. The van der Waals surface area contributed by atoms with Crippen molar-refractivity contribution in [3.63, 3.8) is 0 Å². The number of nitrogens with zero attached hydrogens (tertiary/aromatic N) is 2. The van der Waals surface area contributed by atoms with Gasteiger partial charge in [-0.3, -0.25) is 4.79 Å². The summed E-state index contributed by atoms with van der Waals surface area (Å²) in [5.41, 5.74) is 5.64. The molecule has 1 amide bonds. The van der Waals surface area contributed by atoms with Crippen LogP contribution in [0.4, 0.5) is 11.5 Å². The van der Waals surface area contributed by atoms with Crippen LogP contribution in [0.25, 0.3) is 22.3 Å². The van der Waals surface area contributed by atoms with Crippen LogP contribution >= 0.6 is 0 Å². The number of amides is 1. The first-order valence-electron chi connectivity index (χ1n) is 12.5. The van der Waals surface area contributed by atoms with Crippen molar-refractivity contribution in [3.05, 3.63) is 115 Å². The van der Waals surface area contributed by atoms with Crippen LogP contribution in [0.1, 0.15) is 15.9 Å². The SMILES string of the molecule is CNc1cc(-c2cccnc2Oc2cc(C(=O)Nc3cc(-c4ccccc4)ccc3OC)ccc2C)ccn1. The van der Waals surface area contributed by atoms with Crippen molar-refractivity contribution in [2.24, 2.45) is 0 Å². The van der Waals surface area contributed by atoms with Gasteiger partial charge in [0, 0.05) is 30.6 Å². The van der Waals surface area contributed by atoms with E-state index in [2.05, 4.69) is 20.6 Å². The number of rotatable bonds is 8. The first-order chi connectivity index (χ1) is 19.1. The second-order valence-corrected chi connectivity index (χ2v) is 8.85. The number of ether oxygens (including phenoxy) is 2. The summed E-state index contributed by atoms with van der Waals surface area (Å²) in [6.07, 6.45) is 3.41. The van der Waals surface area contributed by atoms with Crippen LogP contribution in [0.3, 0.4) is 0 Å². The molecule has 7 heteroatoms. The lowest BCUT2D eigenvalue weighted by molar-refractivity contribution is 0.102. The summed E-state index contributed by atoms with van der Waals surface area (Å²) in [6.45, 7) is 1.93. The van der Waals surface area contributed by atoms with Crippen molar-refractivity contribution in [1.82, 2.24) is 9.97 Å². The number of benzene rings is 3. The van der Waals surface area contributed by atoms with E-state index in [0.29, 0.717) is 28.6 Å². The zero-order valence-electron chi connectivity index (χ0n) is 21.9. The van der Waals surface area contributed by atoms with Crippen molar-refractivity contribution in [3.8, 4) is 39.6 Å². The number of hydrogen-bond acceptors (Lipinski definition) is 6. The van der Waals surface area contributed by atoms with Gasteiger partial charge in [-0.1, -0.05) is 42.5 Å². The van der Waals surface area contributed by atoms with Gasteiger partial charge in [0.2, 0.25) is 5.88 Å². The molecular weight excluding hydrogens is 488 g/mol. The van der Waals surface area contributed by atoms with Gasteiger partial charge in [-0.25, -0.2) is 9.97 Å². The molecule has 0 aliphatic heterocycles. The predicted octanol–water partition coefficient (Wildman–Crippen LogP) is 7.21. The first-order valence-corrected chi connectivity index (χ1v) is 12.5. The summed E-state index contributed by atoms with van der Waals surface area (Å²) in [4.78, 5) is 22.1. The van der Waals surface area contributed by atoms with Crippen LogP contribution < -0.4 is 20.1 Å². The average molecular weight is 517 g/mol. The van der Waals surface area contributed by atoms with E-state index in [4.69, 9.17) is 9.47 Å². The van der Waals surface area contributed by atoms with E-state index in [1.165, 1.54) is 0 Å². The van der Waals surface area contributed by atoms with Gasteiger partial charge in [0.15, 0.2) is 0 Å². The predicted molar refractivity (Wildman–Crippen MR) is 155 cm³/mol. The highest BCUT2D eigenvalue weighted by molar-refractivity contribution is 6.05. The number of aryl methyl sites for hydroxylation is 1. The fourth-order valence-electron chi connectivity index (χ4n) is 4.19. The number of nitrogens with one attached hydrogen (secondary N) is 2. The number of pyridine rings is 2. The van der Waals surface area contributed by atoms with Crippen LogP contribution in [-0.4, -0.2) is 30.0 Å². The van der Waals surface area contributed by atoms with Crippen molar-refractivity contribution in [1.29, 1.82) is 0 Å². The molecule has 2 heterocycles. The third kappa shape index (κ3) is 5.72. The third-order valence-electron chi connectivity index (χ3n) is 6.31. The van der Waals surface area contributed by atoms with Crippen molar-refractivity contribution in [2.75, 3.05) is 24.8 Å². The molecule has 5 rings (SSSR count). The standard InChI is InChI=1S/C32H28N4O3/c1-21-11-12-25(31(37)36-27-18-23(13-14-28(27)38-3)22-8-5-4-6-9-22)19-29(21)39-32-26(10-7-16-35-32)24-15-17-34-30(20-24)33-2/h4-20H,1-3H3,(H,33,34)(H,36,37). The number of anilines is 2.